The summed E-state index contributed by atoms with van der Waals surface area (Å²) in [6, 6.07) is 14.9. The fraction of sp³-hybridized carbons (Fsp3) is 0.345. The summed E-state index contributed by atoms with van der Waals surface area (Å²) in [6.07, 6.45) is 0.683. The van der Waals surface area contributed by atoms with E-state index < -0.39 is 17.5 Å². The molecular weight excluding hydrogens is 502 g/mol. The van der Waals surface area contributed by atoms with E-state index in [4.69, 9.17) is 9.47 Å². The average Bonchev–Trinajstić information content (AvgIpc) is 3.45. The van der Waals surface area contributed by atoms with Crippen LogP contribution in [0, 0.1) is 6.92 Å². The van der Waals surface area contributed by atoms with Gasteiger partial charge in [0.25, 0.3) is 5.91 Å². The number of amides is 3. The molecule has 0 aliphatic carbocycles. The monoisotopic (exact) mass is 537 g/mol. The molecule has 1 unspecified atom stereocenters. The molecule has 3 aromatic rings. The molecule has 2 N–H and O–H groups in total. The lowest BCUT2D eigenvalue weighted by Gasteiger charge is -2.35. The van der Waals surface area contributed by atoms with Crippen molar-refractivity contribution in [3.8, 4) is 11.5 Å². The first-order valence-electron chi connectivity index (χ1n) is 12.3. The Labute approximate surface area is 228 Å². The van der Waals surface area contributed by atoms with Crippen LogP contribution in [0.5, 0.6) is 11.5 Å². The van der Waals surface area contributed by atoms with Crippen molar-refractivity contribution in [2.45, 2.75) is 45.7 Å². The Morgan fingerprint density at radius 2 is 1.79 bits per heavy atom. The van der Waals surface area contributed by atoms with E-state index in [1.807, 2.05) is 33.8 Å². The molecule has 3 rings (SSSR count). The summed E-state index contributed by atoms with van der Waals surface area (Å²) in [5.74, 6) is -0.240. The molecule has 0 bridgehead atoms. The molecule has 0 saturated carbocycles. The van der Waals surface area contributed by atoms with E-state index >= 15 is 0 Å². The summed E-state index contributed by atoms with van der Waals surface area (Å²) in [7, 11) is 3.05. The number of benzene rings is 2. The summed E-state index contributed by atoms with van der Waals surface area (Å²) in [5, 5.41) is 7.57. The van der Waals surface area contributed by atoms with Crippen molar-refractivity contribution in [1.29, 1.82) is 0 Å². The number of aryl methyl sites for hydroxylation is 1. The first kappa shape index (κ1) is 28.7. The SMILES string of the molecule is CCC(C)(C)NC(=O)C(c1cccc(OC)c1)N(C(=O)CNC(=O)c1cccs1)c1cc(C)ccc1OC. The Morgan fingerprint density at radius 3 is 2.42 bits per heavy atom. The predicted octanol–water partition coefficient (Wildman–Crippen LogP) is 4.88. The molecule has 3 amide bonds. The maximum atomic E-state index is 14.0. The molecule has 1 atom stereocenters. The lowest BCUT2D eigenvalue weighted by Crippen LogP contribution is -2.52. The Kier molecular flexibility index (Phi) is 9.52. The van der Waals surface area contributed by atoms with Crippen LogP contribution in [0.15, 0.2) is 60.0 Å². The van der Waals surface area contributed by atoms with Crippen molar-refractivity contribution in [3.63, 3.8) is 0 Å². The van der Waals surface area contributed by atoms with E-state index in [9.17, 15) is 14.4 Å². The van der Waals surface area contributed by atoms with Crippen molar-refractivity contribution >= 4 is 34.7 Å². The Morgan fingerprint density at radius 1 is 1.03 bits per heavy atom. The number of thiophene rings is 1. The van der Waals surface area contributed by atoms with Crippen molar-refractivity contribution in [3.05, 3.63) is 76.0 Å². The second-order valence-corrected chi connectivity index (χ2v) is 10.5. The highest BCUT2D eigenvalue weighted by molar-refractivity contribution is 7.12. The zero-order valence-electron chi connectivity index (χ0n) is 22.7. The quantitative estimate of drug-likeness (QED) is 0.363. The summed E-state index contributed by atoms with van der Waals surface area (Å²) < 4.78 is 11.0. The number of hydrogen-bond acceptors (Lipinski definition) is 6. The second-order valence-electron chi connectivity index (χ2n) is 9.50. The molecule has 0 fully saturated rings. The number of nitrogens with one attached hydrogen (secondary N) is 2. The number of methoxy groups -OCH3 is 2. The number of hydrogen-bond donors (Lipinski definition) is 2. The van der Waals surface area contributed by atoms with Crippen LogP contribution in [-0.2, 0) is 9.59 Å². The molecule has 0 aliphatic rings. The van der Waals surface area contributed by atoms with Crippen LogP contribution < -0.4 is 25.0 Å². The lowest BCUT2D eigenvalue weighted by molar-refractivity contribution is -0.127. The molecule has 0 saturated heterocycles. The van der Waals surface area contributed by atoms with Crippen LogP contribution in [0.2, 0.25) is 0 Å². The summed E-state index contributed by atoms with van der Waals surface area (Å²) >= 11 is 1.28. The first-order chi connectivity index (χ1) is 18.1. The summed E-state index contributed by atoms with van der Waals surface area (Å²) in [4.78, 5) is 42.5. The van der Waals surface area contributed by atoms with Gasteiger partial charge in [-0.3, -0.25) is 19.3 Å². The number of nitrogens with zero attached hydrogens (tertiary/aromatic N) is 1. The van der Waals surface area contributed by atoms with Crippen molar-refractivity contribution < 1.29 is 23.9 Å². The van der Waals surface area contributed by atoms with Gasteiger partial charge in [-0.05, 0) is 74.0 Å². The van der Waals surface area contributed by atoms with E-state index in [0.717, 1.165) is 5.56 Å². The van der Waals surface area contributed by atoms with Crippen LogP contribution in [0.25, 0.3) is 0 Å². The number of anilines is 1. The van der Waals surface area contributed by atoms with E-state index in [1.165, 1.54) is 23.3 Å². The Hall–Kier alpha value is -3.85. The van der Waals surface area contributed by atoms with Crippen LogP contribution >= 0.6 is 11.3 Å². The summed E-state index contributed by atoms with van der Waals surface area (Å²) in [6.45, 7) is 7.40. The normalized spacial score (nSPS) is 11.8. The Balaban J connectivity index is 2.14. The first-order valence-corrected chi connectivity index (χ1v) is 13.2. The summed E-state index contributed by atoms with van der Waals surface area (Å²) in [5.41, 5.74) is 1.32. The van der Waals surface area contributed by atoms with Gasteiger partial charge in [0, 0.05) is 5.54 Å². The third kappa shape index (κ3) is 6.92. The minimum atomic E-state index is -1.07. The molecule has 0 spiro atoms. The van der Waals surface area contributed by atoms with Crippen molar-refractivity contribution in [1.82, 2.24) is 10.6 Å². The number of carbonyl (C=O) groups is 3. The third-order valence-electron chi connectivity index (χ3n) is 6.27. The molecule has 202 valence electrons. The van der Waals surface area contributed by atoms with Gasteiger partial charge in [-0.1, -0.05) is 31.2 Å². The van der Waals surface area contributed by atoms with E-state index in [0.29, 0.717) is 34.0 Å². The molecule has 0 aliphatic heterocycles. The average molecular weight is 538 g/mol. The van der Waals surface area contributed by atoms with Crippen LogP contribution in [-0.4, -0.2) is 44.0 Å². The highest BCUT2D eigenvalue weighted by Gasteiger charge is 2.36. The van der Waals surface area contributed by atoms with Crippen LogP contribution in [0.3, 0.4) is 0 Å². The largest absolute Gasteiger partial charge is 0.497 e. The van der Waals surface area contributed by atoms with Gasteiger partial charge in [0.15, 0.2) is 0 Å². The minimum Gasteiger partial charge on any atom is -0.497 e. The van der Waals surface area contributed by atoms with Crippen molar-refractivity contribution in [2.24, 2.45) is 0 Å². The lowest BCUT2D eigenvalue weighted by atomic mass is 9.97. The van der Waals surface area contributed by atoms with Gasteiger partial charge in [0.1, 0.15) is 17.5 Å². The van der Waals surface area contributed by atoms with Gasteiger partial charge >= 0.3 is 0 Å². The fourth-order valence-electron chi connectivity index (χ4n) is 3.86. The molecule has 9 heteroatoms. The number of ether oxygens (including phenoxy) is 2. The number of rotatable bonds is 11. The van der Waals surface area contributed by atoms with Gasteiger partial charge < -0.3 is 20.1 Å². The second kappa shape index (κ2) is 12.6. The third-order valence-corrected chi connectivity index (χ3v) is 7.14. The maximum Gasteiger partial charge on any atom is 0.261 e. The number of carbonyl (C=O) groups excluding carboxylic acids is 3. The minimum absolute atomic E-state index is 0.321. The Bertz CT molecular complexity index is 1270. The van der Waals surface area contributed by atoms with Gasteiger partial charge in [0.2, 0.25) is 11.8 Å². The van der Waals surface area contributed by atoms with Crippen LogP contribution in [0.1, 0.15) is 54.0 Å². The van der Waals surface area contributed by atoms with E-state index in [1.54, 1.807) is 61.0 Å². The molecule has 0 radical (unpaired) electrons. The maximum absolute atomic E-state index is 14.0. The predicted molar refractivity (Wildman–Crippen MR) is 150 cm³/mol. The fourth-order valence-corrected chi connectivity index (χ4v) is 4.50. The molecule has 8 nitrogen and oxygen atoms in total. The van der Waals surface area contributed by atoms with E-state index in [2.05, 4.69) is 10.6 Å². The highest BCUT2D eigenvalue weighted by Crippen LogP contribution is 2.37. The molecule has 38 heavy (non-hydrogen) atoms. The zero-order chi connectivity index (χ0) is 27.9. The highest BCUT2D eigenvalue weighted by atomic mass is 32.1. The zero-order valence-corrected chi connectivity index (χ0v) is 23.5. The van der Waals surface area contributed by atoms with Gasteiger partial charge in [-0.2, -0.15) is 0 Å². The van der Waals surface area contributed by atoms with E-state index in [-0.39, 0.29) is 18.4 Å². The smallest absolute Gasteiger partial charge is 0.261 e. The van der Waals surface area contributed by atoms with Gasteiger partial charge in [0.05, 0.1) is 31.3 Å². The van der Waals surface area contributed by atoms with Crippen molar-refractivity contribution in [2.75, 3.05) is 25.7 Å². The van der Waals surface area contributed by atoms with Gasteiger partial charge in [-0.15, -0.1) is 11.3 Å². The van der Waals surface area contributed by atoms with Gasteiger partial charge in [-0.25, -0.2) is 0 Å². The topological polar surface area (TPSA) is 97.0 Å². The molecule has 1 aromatic heterocycles. The molecule has 1 heterocycles. The van der Waals surface area contributed by atoms with Crippen LogP contribution in [0.4, 0.5) is 5.69 Å². The molecular formula is C29H35N3O5S. The molecule has 2 aromatic carbocycles. The standard InChI is InChI=1S/C29H35N3O5S/c1-7-29(3,4)31-28(35)26(20-10-8-11-21(17-20)36-5)32(22-16-19(2)13-14-23(22)37-6)25(33)18-30-27(34)24-12-9-15-38-24/h8-17,26H,7,18H2,1-6H3,(H,30,34)(H,31,35).